The molecule has 0 saturated carbocycles. The van der Waals surface area contributed by atoms with E-state index in [-0.39, 0.29) is 46.5 Å². The molecule has 0 spiro atoms. The van der Waals surface area contributed by atoms with Crippen LogP contribution < -0.4 is 15.6 Å². The first-order chi connectivity index (χ1) is 20.4. The van der Waals surface area contributed by atoms with Crippen LogP contribution in [0.25, 0.3) is 11.1 Å². The van der Waals surface area contributed by atoms with E-state index in [1.54, 1.807) is 36.0 Å². The minimum absolute atomic E-state index is 0.0138. The van der Waals surface area contributed by atoms with Crippen molar-refractivity contribution in [3.63, 3.8) is 0 Å². The van der Waals surface area contributed by atoms with Crippen LogP contribution in [-0.2, 0) is 6.42 Å². The maximum Gasteiger partial charge on any atom is 0.260 e. The van der Waals surface area contributed by atoms with Crippen LogP contribution in [0, 0.1) is 24.4 Å². The molecule has 218 valence electrons. The van der Waals surface area contributed by atoms with Gasteiger partial charge in [0, 0.05) is 61.9 Å². The molecular formula is C32H31F3N4O2S. The molecule has 42 heavy (non-hydrogen) atoms. The van der Waals surface area contributed by atoms with Crippen molar-refractivity contribution in [2.24, 2.45) is 0 Å². The van der Waals surface area contributed by atoms with Crippen molar-refractivity contribution in [3.05, 3.63) is 111 Å². The molecule has 0 bridgehead atoms. The summed E-state index contributed by atoms with van der Waals surface area (Å²) >= 11 is 1.51. The van der Waals surface area contributed by atoms with E-state index in [2.05, 4.69) is 15.2 Å². The van der Waals surface area contributed by atoms with Crippen LogP contribution in [0.3, 0.4) is 0 Å². The molecular weight excluding hydrogens is 561 g/mol. The lowest BCUT2D eigenvalue weighted by Gasteiger charge is -2.39. The third-order valence-corrected chi connectivity index (χ3v) is 9.51. The number of thioether (sulfide) groups is 1. The minimum Gasteiger partial charge on any atom is -0.494 e. The third-order valence-electron chi connectivity index (χ3n) is 8.28. The first-order valence-corrected chi connectivity index (χ1v) is 14.9. The van der Waals surface area contributed by atoms with E-state index >= 15 is 4.39 Å². The number of hydrogen-bond donors (Lipinski definition) is 1. The molecule has 2 atom stereocenters. The van der Waals surface area contributed by atoms with E-state index in [1.807, 2.05) is 12.1 Å². The van der Waals surface area contributed by atoms with Crippen LogP contribution >= 0.6 is 11.8 Å². The van der Waals surface area contributed by atoms with E-state index < -0.39 is 17.5 Å². The molecule has 4 heterocycles. The highest BCUT2D eigenvalue weighted by molar-refractivity contribution is 7.99. The van der Waals surface area contributed by atoms with Gasteiger partial charge in [0.15, 0.2) is 11.6 Å². The molecule has 2 unspecified atom stereocenters. The van der Waals surface area contributed by atoms with Gasteiger partial charge in [-0.25, -0.2) is 13.2 Å². The molecule has 4 aromatic rings. The van der Waals surface area contributed by atoms with Crippen LogP contribution in [0.15, 0.2) is 70.7 Å². The number of rotatable bonds is 7. The number of aromatic nitrogens is 2. The van der Waals surface area contributed by atoms with E-state index in [4.69, 9.17) is 4.74 Å². The molecule has 6 rings (SSSR count). The lowest BCUT2D eigenvalue weighted by atomic mass is 9.92. The van der Waals surface area contributed by atoms with Crippen molar-refractivity contribution in [3.8, 4) is 16.9 Å². The maximum atomic E-state index is 15.7. The largest absolute Gasteiger partial charge is 0.494 e. The molecule has 0 amide bonds. The van der Waals surface area contributed by atoms with Crippen molar-refractivity contribution in [1.82, 2.24) is 19.8 Å². The van der Waals surface area contributed by atoms with E-state index in [0.717, 1.165) is 31.7 Å². The summed E-state index contributed by atoms with van der Waals surface area (Å²) in [7, 11) is 1.37. The van der Waals surface area contributed by atoms with Gasteiger partial charge >= 0.3 is 0 Å². The van der Waals surface area contributed by atoms with Gasteiger partial charge < -0.3 is 10.1 Å². The highest BCUT2D eigenvalue weighted by atomic mass is 32.2. The normalized spacial score (nSPS) is 17.7. The summed E-state index contributed by atoms with van der Waals surface area (Å²) in [6.07, 6.45) is 3.41. The molecule has 1 fully saturated rings. The number of piperazine rings is 1. The Morgan fingerprint density at radius 1 is 1.02 bits per heavy atom. The number of nitrogens with zero attached hydrogens (tertiary/aromatic N) is 3. The summed E-state index contributed by atoms with van der Waals surface area (Å²) < 4.78 is 52.6. The predicted molar refractivity (Wildman–Crippen MR) is 158 cm³/mol. The molecule has 1 saturated heterocycles. The van der Waals surface area contributed by atoms with Crippen molar-refractivity contribution in [2.45, 2.75) is 30.5 Å². The standard InChI is InChI=1S/C32H31F3N4O2S/c1-19-22(17-23-24(33)6-4-7-25(23)34)32-39(31(40)28(19)21-5-3-8-27(41-2)29(21)35)26(18-42-32)30(20-9-11-36-12-10-20)38-15-13-37-14-16-38/h3-12,26,30,37H,13-18H2,1-2H3. The second kappa shape index (κ2) is 11.9. The number of fused-ring (bicyclic) bond motifs is 1. The fourth-order valence-corrected chi connectivity index (χ4v) is 7.64. The molecule has 1 N–H and O–H groups in total. The SMILES string of the molecule is COc1cccc(-c2c(C)c(Cc3c(F)cccc3F)c3n(c2=O)C(C(c2ccncc2)N2CCNCC2)CS3)c1F. The van der Waals surface area contributed by atoms with Gasteiger partial charge in [0.1, 0.15) is 11.6 Å². The van der Waals surface area contributed by atoms with E-state index in [0.29, 0.717) is 21.9 Å². The van der Waals surface area contributed by atoms with Gasteiger partial charge in [-0.15, -0.1) is 11.8 Å². The second-order valence-corrected chi connectivity index (χ2v) is 11.6. The highest BCUT2D eigenvalue weighted by Crippen LogP contribution is 2.46. The van der Waals surface area contributed by atoms with Crippen molar-refractivity contribution in [1.29, 1.82) is 0 Å². The van der Waals surface area contributed by atoms with Crippen molar-refractivity contribution < 1.29 is 17.9 Å². The topological polar surface area (TPSA) is 59.4 Å². The Morgan fingerprint density at radius 3 is 2.40 bits per heavy atom. The van der Waals surface area contributed by atoms with Gasteiger partial charge in [0.25, 0.3) is 5.56 Å². The van der Waals surface area contributed by atoms with Crippen LogP contribution in [0.5, 0.6) is 5.75 Å². The third kappa shape index (κ3) is 5.01. The average molecular weight is 593 g/mol. The first kappa shape index (κ1) is 28.5. The Balaban J connectivity index is 1.60. The molecule has 2 aromatic carbocycles. The quantitative estimate of drug-likeness (QED) is 0.305. The molecule has 0 radical (unpaired) electrons. The van der Waals surface area contributed by atoms with Crippen LogP contribution in [-0.4, -0.2) is 53.5 Å². The van der Waals surface area contributed by atoms with Crippen LogP contribution in [0.4, 0.5) is 13.2 Å². The Morgan fingerprint density at radius 2 is 1.71 bits per heavy atom. The Kier molecular flexibility index (Phi) is 8.11. The Bertz CT molecular complexity index is 1650. The number of benzene rings is 2. The van der Waals surface area contributed by atoms with Gasteiger partial charge in [0.2, 0.25) is 0 Å². The average Bonchev–Trinajstić information content (AvgIpc) is 3.43. The van der Waals surface area contributed by atoms with E-state index in [9.17, 15) is 13.6 Å². The smallest absolute Gasteiger partial charge is 0.260 e. The van der Waals surface area contributed by atoms with Gasteiger partial charge in [-0.1, -0.05) is 18.2 Å². The van der Waals surface area contributed by atoms with Crippen molar-refractivity contribution in [2.75, 3.05) is 39.0 Å². The molecule has 2 aliphatic heterocycles. The summed E-state index contributed by atoms with van der Waals surface area (Å²) in [6, 6.07) is 11.9. The Labute approximate surface area is 246 Å². The monoisotopic (exact) mass is 592 g/mol. The zero-order valence-corrected chi connectivity index (χ0v) is 24.2. The second-order valence-electron chi connectivity index (χ2n) is 10.5. The van der Waals surface area contributed by atoms with Gasteiger partial charge in [0.05, 0.1) is 29.8 Å². The van der Waals surface area contributed by atoms with Crippen LogP contribution in [0.2, 0.25) is 0 Å². The number of methoxy groups -OCH3 is 1. The zero-order valence-electron chi connectivity index (χ0n) is 23.4. The predicted octanol–water partition coefficient (Wildman–Crippen LogP) is 5.53. The van der Waals surface area contributed by atoms with Gasteiger partial charge in [-0.2, -0.15) is 0 Å². The summed E-state index contributed by atoms with van der Waals surface area (Å²) in [5.74, 6) is -1.40. The minimum atomic E-state index is -0.663. The van der Waals surface area contributed by atoms with Crippen LogP contribution in [0.1, 0.15) is 34.3 Å². The first-order valence-electron chi connectivity index (χ1n) is 13.9. The number of pyridine rings is 2. The zero-order chi connectivity index (χ0) is 29.4. The van der Waals surface area contributed by atoms with Crippen molar-refractivity contribution >= 4 is 11.8 Å². The molecule has 6 nitrogen and oxygen atoms in total. The summed E-state index contributed by atoms with van der Waals surface area (Å²) in [4.78, 5) is 21.1. The molecule has 2 aliphatic rings. The fraction of sp³-hybridized carbons (Fsp3) is 0.312. The van der Waals surface area contributed by atoms with E-state index in [1.165, 1.54) is 43.1 Å². The summed E-state index contributed by atoms with van der Waals surface area (Å²) in [6.45, 7) is 4.93. The summed E-state index contributed by atoms with van der Waals surface area (Å²) in [5, 5.41) is 4.05. The molecule has 2 aromatic heterocycles. The molecule has 10 heteroatoms. The number of nitrogens with one attached hydrogen (secondary N) is 1. The Hall–Kier alpha value is -3.60. The fourth-order valence-electron chi connectivity index (χ4n) is 6.22. The van der Waals surface area contributed by atoms with Gasteiger partial charge in [-0.05, 0) is 53.9 Å². The maximum absolute atomic E-state index is 15.7. The number of halogens is 3. The highest BCUT2D eigenvalue weighted by Gasteiger charge is 2.39. The lowest BCUT2D eigenvalue weighted by molar-refractivity contribution is 0.132. The lowest BCUT2D eigenvalue weighted by Crippen LogP contribution is -2.48. The summed E-state index contributed by atoms with van der Waals surface area (Å²) in [5.41, 5.74) is 1.97. The molecule has 0 aliphatic carbocycles. The number of hydrogen-bond acceptors (Lipinski definition) is 6. The van der Waals surface area contributed by atoms with Gasteiger partial charge in [-0.3, -0.25) is 19.2 Å². The number of ether oxygens (including phenoxy) is 1.